The second kappa shape index (κ2) is 30.4. The number of rotatable bonds is 2. The molecule has 0 aliphatic carbocycles. The Kier molecular flexibility index (Phi) is 30.0. The Bertz CT molecular complexity index is 2520. The van der Waals surface area contributed by atoms with Gasteiger partial charge in [-0.2, -0.15) is 0 Å². The number of carbonyl (C=O) groups is 2. The van der Waals surface area contributed by atoms with Gasteiger partial charge in [-0.1, -0.05) is 55.3 Å². The SMILES string of the molecule is Brc1cnc2[nH]cc(I)c2c1.Brc1cnc2[nH]ccc2c1.C.C.C.C.CC(=O)Nc1ncc(Br)cc1C#C[Si](C)(C)C.CC(=O)Nc1ncc(Br)cc1I.Nc1ccc(Br)cn1. The lowest BCUT2D eigenvalue weighted by Crippen LogP contribution is -2.16. The third kappa shape index (κ3) is 23.2. The summed E-state index contributed by atoms with van der Waals surface area (Å²) < 4.78 is 6.85. The Morgan fingerprint density at radius 2 is 1.16 bits per heavy atom. The molecule has 12 nitrogen and oxygen atoms in total. The summed E-state index contributed by atoms with van der Waals surface area (Å²) in [6.07, 6.45) is 12.3. The summed E-state index contributed by atoms with van der Waals surface area (Å²) in [7, 11) is -1.44. The van der Waals surface area contributed by atoms with Crippen LogP contribution in [-0.2, 0) is 9.59 Å². The smallest absolute Gasteiger partial charge is 0.222 e. The fourth-order valence-corrected chi connectivity index (χ4v) is 7.67. The Hall–Kier alpha value is -2.79. The number of carbonyl (C=O) groups excluding carboxylic acids is 2. The van der Waals surface area contributed by atoms with Crippen LogP contribution in [0.25, 0.3) is 22.1 Å². The molecule has 0 fully saturated rings. The summed E-state index contributed by atoms with van der Waals surface area (Å²) in [5.41, 5.74) is 11.2. The van der Waals surface area contributed by atoms with E-state index in [1.54, 1.807) is 37.1 Å². The molecule has 0 unspecified atom stereocenters. The number of fused-ring (bicyclic) bond motifs is 2. The molecule has 7 rings (SSSR count). The predicted molar refractivity (Wildman–Crippen MR) is 299 cm³/mol. The van der Waals surface area contributed by atoms with E-state index in [1.807, 2.05) is 42.7 Å². The molecule has 0 spiro atoms. The van der Waals surface area contributed by atoms with Gasteiger partial charge in [0, 0.05) is 93.9 Å². The average Bonchev–Trinajstić information content (AvgIpc) is 3.77. The van der Waals surface area contributed by atoms with Crippen LogP contribution in [0.5, 0.6) is 0 Å². The van der Waals surface area contributed by atoms with E-state index < -0.39 is 8.07 Å². The lowest BCUT2D eigenvalue weighted by atomic mass is 10.2. The zero-order chi connectivity index (χ0) is 43.0. The monoisotopic (exact) mass is 1400 g/mol. The van der Waals surface area contributed by atoms with Crippen molar-refractivity contribution in [2.24, 2.45) is 0 Å². The van der Waals surface area contributed by atoms with Crippen molar-refractivity contribution in [3.05, 3.63) is 121 Å². The van der Waals surface area contributed by atoms with E-state index in [-0.39, 0.29) is 41.5 Å². The topological polar surface area (TPSA) is 180 Å². The summed E-state index contributed by atoms with van der Waals surface area (Å²) in [6.45, 7) is 9.43. The molecular weight excluding hydrogens is 1360 g/mol. The Labute approximate surface area is 435 Å². The fourth-order valence-electron chi connectivity index (χ4n) is 3.98. The van der Waals surface area contributed by atoms with Gasteiger partial charge in [0.05, 0.1) is 9.13 Å². The molecule has 62 heavy (non-hydrogen) atoms. The van der Waals surface area contributed by atoms with Gasteiger partial charge in [-0.3, -0.25) is 9.59 Å². The van der Waals surface area contributed by atoms with Gasteiger partial charge in [0.1, 0.15) is 36.8 Å². The highest BCUT2D eigenvalue weighted by Gasteiger charge is 2.10. The van der Waals surface area contributed by atoms with Gasteiger partial charge in [0.15, 0.2) is 0 Å². The van der Waals surface area contributed by atoms with Crippen molar-refractivity contribution in [3.8, 4) is 11.5 Å². The number of amides is 2. The van der Waals surface area contributed by atoms with Crippen LogP contribution in [0.15, 0.2) is 108 Å². The molecule has 0 aliphatic heterocycles. The number of anilines is 3. The first-order valence-corrected chi connectivity index (χ1v) is 26.2. The van der Waals surface area contributed by atoms with Crippen LogP contribution in [0.4, 0.5) is 17.5 Å². The largest absolute Gasteiger partial charge is 0.384 e. The molecule has 7 aromatic rings. The van der Waals surface area contributed by atoms with Crippen molar-refractivity contribution in [2.45, 2.75) is 63.2 Å². The van der Waals surface area contributed by atoms with Crippen LogP contribution in [-0.4, -0.2) is 54.8 Å². The summed E-state index contributed by atoms with van der Waals surface area (Å²) in [5.74, 6) is 4.52. The van der Waals surface area contributed by atoms with Crippen molar-refractivity contribution >= 4 is 184 Å². The number of nitrogens with one attached hydrogen (secondary N) is 4. The van der Waals surface area contributed by atoms with Crippen molar-refractivity contribution < 1.29 is 9.59 Å². The highest BCUT2D eigenvalue weighted by molar-refractivity contribution is 14.1. The predicted octanol–water partition coefficient (Wildman–Crippen LogP) is 14.7. The number of aromatic amines is 2. The van der Waals surface area contributed by atoms with Crippen LogP contribution in [0.1, 0.15) is 49.1 Å². The number of nitrogens with zero attached hydrogens (tertiary/aromatic N) is 5. The van der Waals surface area contributed by atoms with Crippen molar-refractivity contribution in [1.29, 1.82) is 0 Å². The molecular formula is C42H51Br5I2N10O2Si. The average molecular weight is 1410 g/mol. The quantitative estimate of drug-likeness (QED) is 0.0644. The minimum absolute atomic E-state index is 0. The Morgan fingerprint density at radius 1 is 0.645 bits per heavy atom. The van der Waals surface area contributed by atoms with E-state index >= 15 is 0 Å². The zero-order valence-corrected chi connectivity index (χ0v) is 44.6. The summed E-state index contributed by atoms with van der Waals surface area (Å²) in [5, 5.41) is 7.60. The maximum absolute atomic E-state index is 11.0. The van der Waals surface area contributed by atoms with E-state index in [4.69, 9.17) is 5.73 Å². The standard InChI is InChI=1S/C12H15BrN2OSi.C7H6BrIN2O.C7H4BrIN2.C7H5BrN2.C5H5BrN2.4CH4/c1-9(16)15-12-10(5-6-17(2,3)4)7-11(13)8-14-12;1-4(12)11-7-6(9)2-5(8)3-10-7;8-4-1-5-6(9)3-11-7(5)10-2-4;8-6-3-5-1-2-9-7(5)10-4-6;6-4-1-2-5(7)8-3-4;;;;/h7-8H,1-4H3,(H,14,15,16);2-3H,1H3,(H,10,11,12);1-3H,(H,10,11);1-4H,(H,9,10);1-3H,(H2,7,8);4*1H4. The molecule has 0 aromatic carbocycles. The normalized spacial score (nSPS) is 9.48. The maximum Gasteiger partial charge on any atom is 0.222 e. The van der Waals surface area contributed by atoms with Gasteiger partial charge in [-0.15, -0.1) is 5.54 Å². The van der Waals surface area contributed by atoms with Gasteiger partial charge < -0.3 is 26.3 Å². The number of hydrogen-bond acceptors (Lipinski definition) is 8. The van der Waals surface area contributed by atoms with Crippen molar-refractivity contribution in [2.75, 3.05) is 16.4 Å². The first kappa shape index (κ1) is 61.3. The van der Waals surface area contributed by atoms with Gasteiger partial charge in [0.25, 0.3) is 0 Å². The number of pyridine rings is 5. The van der Waals surface area contributed by atoms with Crippen molar-refractivity contribution in [3.63, 3.8) is 0 Å². The lowest BCUT2D eigenvalue weighted by Gasteiger charge is -2.06. The van der Waals surface area contributed by atoms with Crippen LogP contribution >= 0.6 is 125 Å². The molecule has 0 bridgehead atoms. The summed E-state index contributed by atoms with van der Waals surface area (Å²) in [6, 6.07) is 13.4. The van der Waals surface area contributed by atoms with Crippen LogP contribution in [0, 0.1) is 18.6 Å². The molecule has 0 aliphatic rings. The second-order valence-electron chi connectivity index (χ2n) is 12.6. The Balaban J connectivity index is 0. The molecule has 334 valence electrons. The van der Waals surface area contributed by atoms with Gasteiger partial charge in [-0.25, -0.2) is 24.9 Å². The van der Waals surface area contributed by atoms with E-state index in [0.29, 0.717) is 17.5 Å². The van der Waals surface area contributed by atoms with Gasteiger partial charge >= 0.3 is 0 Å². The van der Waals surface area contributed by atoms with E-state index in [1.165, 1.54) is 22.8 Å². The van der Waals surface area contributed by atoms with Crippen LogP contribution in [0.3, 0.4) is 0 Å². The number of aromatic nitrogens is 7. The first-order chi connectivity index (χ1) is 27.3. The molecule has 20 heteroatoms. The van der Waals surface area contributed by atoms with Crippen LogP contribution in [0.2, 0.25) is 19.6 Å². The zero-order valence-electron chi connectivity index (χ0n) is 31.4. The maximum atomic E-state index is 11.0. The minimum atomic E-state index is -1.44. The second-order valence-corrected chi connectivity index (χ2v) is 24.2. The number of H-pyrrole nitrogens is 2. The molecule has 0 atom stereocenters. The third-order valence-electron chi connectivity index (χ3n) is 6.39. The highest BCUT2D eigenvalue weighted by atomic mass is 127. The molecule has 0 radical (unpaired) electrons. The molecule has 0 saturated carbocycles. The number of nitrogens with two attached hydrogens (primary N) is 1. The van der Waals surface area contributed by atoms with Gasteiger partial charge in [0.2, 0.25) is 11.8 Å². The third-order valence-corrected chi connectivity index (χ3v) is 11.2. The molecule has 2 amide bonds. The number of halogens is 7. The summed E-state index contributed by atoms with van der Waals surface area (Å²) in [4.78, 5) is 48.2. The lowest BCUT2D eigenvalue weighted by molar-refractivity contribution is -0.115. The van der Waals surface area contributed by atoms with E-state index in [0.717, 1.165) is 48.2 Å². The van der Waals surface area contributed by atoms with E-state index in [9.17, 15) is 9.59 Å². The minimum Gasteiger partial charge on any atom is -0.384 e. The first-order valence-electron chi connectivity index (χ1n) is 16.6. The summed E-state index contributed by atoms with van der Waals surface area (Å²) >= 11 is 21.0. The molecule has 0 saturated heterocycles. The van der Waals surface area contributed by atoms with Crippen LogP contribution < -0.4 is 16.4 Å². The number of hydrogen-bond donors (Lipinski definition) is 5. The number of nitrogen functional groups attached to an aromatic ring is 1. The molecule has 6 N–H and O–H groups in total. The van der Waals surface area contributed by atoms with Gasteiger partial charge in [-0.05, 0) is 167 Å². The highest BCUT2D eigenvalue weighted by Crippen LogP contribution is 2.22. The Morgan fingerprint density at radius 3 is 1.71 bits per heavy atom. The fraction of sp³-hybridized carbons (Fsp3) is 0.214. The molecule has 7 heterocycles. The van der Waals surface area contributed by atoms with E-state index in [2.05, 4.69) is 208 Å². The molecule has 7 aromatic heterocycles. The van der Waals surface area contributed by atoms with Crippen molar-refractivity contribution in [1.82, 2.24) is 34.9 Å².